The molecule has 0 spiro atoms. The summed E-state index contributed by atoms with van der Waals surface area (Å²) in [6, 6.07) is 9.67. The molecule has 0 atom stereocenters. The van der Waals surface area contributed by atoms with Crippen LogP contribution >= 0.6 is 0 Å². The van der Waals surface area contributed by atoms with Crippen molar-refractivity contribution in [2.45, 2.75) is 32.4 Å². The number of aromatic amines is 1. The Morgan fingerprint density at radius 1 is 1.19 bits per heavy atom. The highest BCUT2D eigenvalue weighted by molar-refractivity contribution is 5.93. The Hall–Kier alpha value is -3.85. The van der Waals surface area contributed by atoms with Crippen LogP contribution in [-0.2, 0) is 37.7 Å². The van der Waals surface area contributed by atoms with Crippen molar-refractivity contribution in [3.8, 4) is 5.75 Å². The molecule has 0 bridgehead atoms. The maximum absolute atomic E-state index is 13.1. The summed E-state index contributed by atoms with van der Waals surface area (Å²) < 4.78 is 14.5. The minimum absolute atomic E-state index is 0.158. The molecule has 1 N–H and O–H groups in total. The lowest BCUT2D eigenvalue weighted by Gasteiger charge is -2.18. The van der Waals surface area contributed by atoms with E-state index in [1.165, 1.54) is 24.1 Å². The molecule has 5 rings (SSSR count). The van der Waals surface area contributed by atoms with Crippen molar-refractivity contribution in [2.24, 2.45) is 7.05 Å². The number of nitrogens with zero attached hydrogens (tertiary/aromatic N) is 4. The van der Waals surface area contributed by atoms with Crippen LogP contribution < -0.4 is 10.3 Å². The molecule has 0 amide bonds. The number of H-pyrrole nitrogens is 1. The molecule has 0 unspecified atom stereocenters. The standard InChI is InChI=1S/C27H31N5O4/c1-30-17-19(15-29-30)6-5-13-36-24-14-25(33)32-12-11-31(10-9-23(32)26(24)27(34)35-2)18-20-16-28-22-8-4-3-7-21(20)22/h3-4,7-8,14-17,28H,5-6,9-13,18H2,1-2H3. The van der Waals surface area contributed by atoms with Gasteiger partial charge in [0.15, 0.2) is 0 Å². The average molecular weight is 490 g/mol. The fourth-order valence-corrected chi connectivity index (χ4v) is 4.95. The van der Waals surface area contributed by atoms with Crippen LogP contribution in [-0.4, -0.2) is 57.0 Å². The third kappa shape index (κ3) is 4.92. The minimum Gasteiger partial charge on any atom is -0.492 e. The first-order valence-corrected chi connectivity index (χ1v) is 12.3. The summed E-state index contributed by atoms with van der Waals surface area (Å²) in [5, 5.41) is 5.38. The van der Waals surface area contributed by atoms with E-state index in [2.05, 4.69) is 27.1 Å². The van der Waals surface area contributed by atoms with Gasteiger partial charge in [0.1, 0.15) is 11.3 Å². The monoisotopic (exact) mass is 489 g/mol. The van der Waals surface area contributed by atoms with Crippen molar-refractivity contribution in [1.82, 2.24) is 24.2 Å². The van der Waals surface area contributed by atoms with Crippen molar-refractivity contribution in [2.75, 3.05) is 26.8 Å². The molecule has 9 nitrogen and oxygen atoms in total. The second-order valence-corrected chi connectivity index (χ2v) is 9.17. The molecule has 188 valence electrons. The Labute approximate surface area is 209 Å². The lowest BCUT2D eigenvalue weighted by Crippen LogP contribution is -2.29. The maximum Gasteiger partial charge on any atom is 0.343 e. The molecular formula is C27H31N5O4. The van der Waals surface area contributed by atoms with Crippen molar-refractivity contribution >= 4 is 16.9 Å². The Balaban J connectivity index is 1.33. The average Bonchev–Trinajstić information content (AvgIpc) is 3.42. The van der Waals surface area contributed by atoms with Gasteiger partial charge in [-0.1, -0.05) is 18.2 Å². The zero-order valence-electron chi connectivity index (χ0n) is 20.7. The topological polar surface area (TPSA) is 94.4 Å². The smallest absolute Gasteiger partial charge is 0.343 e. The third-order valence-electron chi connectivity index (χ3n) is 6.77. The van der Waals surface area contributed by atoms with Crippen LogP contribution in [0.5, 0.6) is 5.75 Å². The number of pyridine rings is 1. The van der Waals surface area contributed by atoms with Gasteiger partial charge in [-0.25, -0.2) is 4.79 Å². The molecule has 1 aliphatic heterocycles. The van der Waals surface area contributed by atoms with Crippen LogP contribution in [0.3, 0.4) is 0 Å². The normalized spacial score (nSPS) is 13.9. The van der Waals surface area contributed by atoms with Gasteiger partial charge in [0.25, 0.3) is 5.56 Å². The van der Waals surface area contributed by atoms with E-state index in [4.69, 9.17) is 9.47 Å². The van der Waals surface area contributed by atoms with E-state index in [1.54, 1.807) is 9.25 Å². The van der Waals surface area contributed by atoms with Gasteiger partial charge in [-0.3, -0.25) is 14.4 Å². The zero-order chi connectivity index (χ0) is 25.1. The Bertz CT molecular complexity index is 1430. The number of rotatable bonds is 8. The number of carbonyl (C=O) groups is 1. The second kappa shape index (κ2) is 10.4. The molecule has 36 heavy (non-hydrogen) atoms. The second-order valence-electron chi connectivity index (χ2n) is 9.17. The third-order valence-corrected chi connectivity index (χ3v) is 6.77. The number of hydrogen-bond acceptors (Lipinski definition) is 6. The molecule has 9 heteroatoms. The van der Waals surface area contributed by atoms with E-state index in [0.29, 0.717) is 49.7 Å². The summed E-state index contributed by atoms with van der Waals surface area (Å²) in [4.78, 5) is 31.5. The van der Waals surface area contributed by atoms with E-state index < -0.39 is 5.97 Å². The predicted molar refractivity (Wildman–Crippen MR) is 136 cm³/mol. The van der Waals surface area contributed by atoms with E-state index in [0.717, 1.165) is 30.5 Å². The maximum atomic E-state index is 13.1. The summed E-state index contributed by atoms with van der Waals surface area (Å²) in [5.74, 6) is -0.180. The van der Waals surface area contributed by atoms with Crippen molar-refractivity contribution in [3.05, 3.63) is 81.7 Å². The predicted octanol–water partition coefficient (Wildman–Crippen LogP) is 2.92. The number of para-hydroxylation sites is 1. The van der Waals surface area contributed by atoms with E-state index in [9.17, 15) is 9.59 Å². The first-order valence-electron chi connectivity index (χ1n) is 12.3. The van der Waals surface area contributed by atoms with E-state index in [-0.39, 0.29) is 5.56 Å². The van der Waals surface area contributed by atoms with Crippen molar-refractivity contribution < 1.29 is 14.3 Å². The van der Waals surface area contributed by atoms with Crippen LogP contribution in [0.25, 0.3) is 10.9 Å². The van der Waals surface area contributed by atoms with Gasteiger partial charge in [-0.2, -0.15) is 5.10 Å². The molecule has 4 heterocycles. The largest absolute Gasteiger partial charge is 0.492 e. The Kier molecular flexibility index (Phi) is 6.90. The zero-order valence-corrected chi connectivity index (χ0v) is 20.7. The van der Waals surface area contributed by atoms with Crippen LogP contribution in [0.15, 0.2) is 53.7 Å². The lowest BCUT2D eigenvalue weighted by atomic mass is 10.1. The number of benzene rings is 1. The summed E-state index contributed by atoms with van der Waals surface area (Å²) in [6.07, 6.45) is 7.94. The van der Waals surface area contributed by atoms with Gasteiger partial charge >= 0.3 is 5.97 Å². The van der Waals surface area contributed by atoms with Crippen LogP contribution in [0.1, 0.15) is 33.6 Å². The molecule has 0 saturated heterocycles. The number of nitrogens with one attached hydrogen (secondary N) is 1. The highest BCUT2D eigenvalue weighted by atomic mass is 16.5. The number of ether oxygens (including phenoxy) is 2. The molecule has 0 fully saturated rings. The first-order chi connectivity index (χ1) is 17.5. The number of aromatic nitrogens is 4. The van der Waals surface area contributed by atoms with Gasteiger partial charge in [0.2, 0.25) is 0 Å². The van der Waals surface area contributed by atoms with Crippen molar-refractivity contribution in [1.29, 1.82) is 0 Å². The number of carbonyl (C=O) groups excluding carboxylic acids is 1. The van der Waals surface area contributed by atoms with Gasteiger partial charge in [0, 0.05) is 74.7 Å². The summed E-state index contributed by atoms with van der Waals surface area (Å²) >= 11 is 0. The van der Waals surface area contributed by atoms with Gasteiger partial charge < -0.3 is 19.0 Å². The van der Waals surface area contributed by atoms with Gasteiger partial charge in [-0.15, -0.1) is 0 Å². The van der Waals surface area contributed by atoms with Crippen molar-refractivity contribution in [3.63, 3.8) is 0 Å². The van der Waals surface area contributed by atoms with Crippen LogP contribution in [0.2, 0.25) is 0 Å². The summed E-state index contributed by atoms with van der Waals surface area (Å²) in [7, 11) is 3.24. The summed E-state index contributed by atoms with van der Waals surface area (Å²) in [5.41, 5.74) is 4.32. The van der Waals surface area contributed by atoms with Gasteiger partial charge in [0.05, 0.1) is 19.9 Å². The summed E-state index contributed by atoms with van der Waals surface area (Å²) in [6.45, 7) is 3.07. The molecule has 0 radical (unpaired) electrons. The molecule has 0 aliphatic carbocycles. The number of aryl methyl sites for hydroxylation is 2. The molecule has 1 aromatic carbocycles. The number of fused-ring (bicyclic) bond motifs is 2. The molecule has 3 aromatic heterocycles. The minimum atomic E-state index is -0.480. The highest BCUT2D eigenvalue weighted by Gasteiger charge is 2.26. The van der Waals surface area contributed by atoms with Crippen LogP contribution in [0, 0.1) is 0 Å². The molecule has 0 saturated carbocycles. The Morgan fingerprint density at radius 2 is 2.06 bits per heavy atom. The van der Waals surface area contributed by atoms with Crippen LogP contribution in [0.4, 0.5) is 0 Å². The molecule has 4 aromatic rings. The fourth-order valence-electron chi connectivity index (χ4n) is 4.95. The molecular weight excluding hydrogens is 458 g/mol. The van der Waals surface area contributed by atoms with Gasteiger partial charge in [-0.05, 0) is 30.0 Å². The number of methoxy groups -OCH3 is 1. The highest BCUT2D eigenvalue weighted by Crippen LogP contribution is 2.26. The van der Waals surface area contributed by atoms with E-state index in [1.807, 2.05) is 37.8 Å². The fraction of sp³-hybridized carbons (Fsp3) is 0.370. The quantitative estimate of drug-likeness (QED) is 0.302. The molecule has 1 aliphatic rings. The lowest BCUT2D eigenvalue weighted by molar-refractivity contribution is 0.0593. The number of esters is 1. The first kappa shape index (κ1) is 23.9. The van der Waals surface area contributed by atoms with E-state index >= 15 is 0 Å². The number of hydrogen-bond donors (Lipinski definition) is 1. The SMILES string of the molecule is COC(=O)c1c(OCCCc2cnn(C)c2)cc(=O)n2c1CCN(Cc1c[nH]c3ccccc13)CC2. The Morgan fingerprint density at radius 3 is 2.86 bits per heavy atom.